The van der Waals surface area contributed by atoms with Crippen molar-refractivity contribution in [1.82, 2.24) is 0 Å². The Morgan fingerprint density at radius 1 is 1.37 bits per heavy atom. The van der Waals surface area contributed by atoms with Crippen LogP contribution in [0.2, 0.25) is 0 Å². The van der Waals surface area contributed by atoms with Gasteiger partial charge in [-0.3, -0.25) is 0 Å². The Balaban J connectivity index is 1.83. The molecule has 0 amide bonds. The molecule has 0 aliphatic heterocycles. The number of hydrogen-bond donors (Lipinski definition) is 1. The standard InChI is InChI=1S/C14H15NO4/c15-10-14(6-3-7-14)19-9-8-18-12-5-2-1-4-11(12)13(16)17/h1-2,4-5H,3,6-9H2,(H,16,17). The monoisotopic (exact) mass is 261 g/mol. The molecule has 1 aliphatic rings. The molecule has 2 rings (SSSR count). The number of hydrogen-bond acceptors (Lipinski definition) is 4. The molecule has 1 N–H and O–H groups in total. The van der Waals surface area contributed by atoms with Gasteiger partial charge in [0.2, 0.25) is 0 Å². The molecule has 0 saturated heterocycles. The molecule has 0 atom stereocenters. The van der Waals surface area contributed by atoms with E-state index < -0.39 is 11.6 Å². The molecule has 1 fully saturated rings. The number of carboxylic acids is 1. The van der Waals surface area contributed by atoms with E-state index in [1.807, 2.05) is 0 Å². The molecule has 5 heteroatoms. The summed E-state index contributed by atoms with van der Waals surface area (Å²) in [6.07, 6.45) is 2.53. The summed E-state index contributed by atoms with van der Waals surface area (Å²) in [5.41, 5.74) is -0.517. The Labute approximate surface area is 111 Å². The normalized spacial score (nSPS) is 16.2. The van der Waals surface area contributed by atoms with Gasteiger partial charge in [0.15, 0.2) is 5.60 Å². The lowest BCUT2D eigenvalue weighted by Crippen LogP contribution is -2.39. The molecule has 0 heterocycles. The van der Waals surface area contributed by atoms with E-state index in [0.29, 0.717) is 5.75 Å². The number of ether oxygens (including phenoxy) is 2. The maximum absolute atomic E-state index is 11.0. The van der Waals surface area contributed by atoms with E-state index in [-0.39, 0.29) is 18.8 Å². The molecular weight excluding hydrogens is 246 g/mol. The minimum Gasteiger partial charge on any atom is -0.490 e. The van der Waals surface area contributed by atoms with Gasteiger partial charge >= 0.3 is 5.97 Å². The van der Waals surface area contributed by atoms with Gasteiger partial charge in [-0.05, 0) is 31.4 Å². The summed E-state index contributed by atoms with van der Waals surface area (Å²) >= 11 is 0. The van der Waals surface area contributed by atoms with Crippen LogP contribution >= 0.6 is 0 Å². The summed E-state index contributed by atoms with van der Waals surface area (Å²) in [7, 11) is 0. The van der Waals surface area contributed by atoms with Gasteiger partial charge in [0.05, 0.1) is 12.7 Å². The number of nitriles is 1. The minimum atomic E-state index is -1.02. The van der Waals surface area contributed by atoms with Crippen molar-refractivity contribution in [2.45, 2.75) is 24.9 Å². The van der Waals surface area contributed by atoms with Crippen LogP contribution in [0.4, 0.5) is 0 Å². The third-order valence-electron chi connectivity index (χ3n) is 3.20. The minimum absolute atomic E-state index is 0.126. The van der Waals surface area contributed by atoms with Crippen LogP contribution < -0.4 is 4.74 Å². The molecule has 1 aliphatic carbocycles. The number of para-hydroxylation sites is 1. The van der Waals surface area contributed by atoms with Gasteiger partial charge in [0.1, 0.15) is 17.9 Å². The van der Waals surface area contributed by atoms with E-state index in [0.717, 1.165) is 19.3 Å². The molecule has 0 aromatic heterocycles. The van der Waals surface area contributed by atoms with Gasteiger partial charge in [-0.15, -0.1) is 0 Å². The van der Waals surface area contributed by atoms with Gasteiger partial charge < -0.3 is 14.6 Å². The van der Waals surface area contributed by atoms with E-state index in [2.05, 4.69) is 6.07 Å². The number of rotatable bonds is 6. The van der Waals surface area contributed by atoms with E-state index in [1.54, 1.807) is 18.2 Å². The highest BCUT2D eigenvalue weighted by Gasteiger charge is 2.38. The third kappa shape index (κ3) is 3.04. The van der Waals surface area contributed by atoms with Crippen molar-refractivity contribution in [3.05, 3.63) is 29.8 Å². The average Bonchev–Trinajstić information content (AvgIpc) is 2.37. The van der Waals surface area contributed by atoms with Crippen LogP contribution in [0.25, 0.3) is 0 Å². The predicted octanol–water partition coefficient (Wildman–Crippen LogP) is 2.23. The summed E-state index contributed by atoms with van der Waals surface area (Å²) in [5, 5.41) is 18.0. The molecule has 1 aromatic carbocycles. The molecular formula is C14H15NO4. The zero-order valence-electron chi connectivity index (χ0n) is 10.5. The largest absolute Gasteiger partial charge is 0.490 e. The number of carboxylic acid groups (broad SMARTS) is 1. The first kappa shape index (κ1) is 13.4. The SMILES string of the molecule is N#CC1(OCCOc2ccccc2C(=O)O)CCC1. The molecule has 19 heavy (non-hydrogen) atoms. The highest BCUT2D eigenvalue weighted by atomic mass is 16.5. The Bertz CT molecular complexity index is 502. The van der Waals surface area contributed by atoms with E-state index in [9.17, 15) is 4.79 Å². The fourth-order valence-corrected chi connectivity index (χ4v) is 1.94. The Kier molecular flexibility index (Phi) is 4.03. The van der Waals surface area contributed by atoms with Crippen LogP contribution in [0.1, 0.15) is 29.6 Å². The van der Waals surface area contributed by atoms with Crippen molar-refractivity contribution in [1.29, 1.82) is 5.26 Å². The van der Waals surface area contributed by atoms with Crippen LogP contribution in [-0.2, 0) is 4.74 Å². The second-order valence-electron chi connectivity index (χ2n) is 4.46. The second kappa shape index (κ2) is 5.72. The molecule has 0 spiro atoms. The predicted molar refractivity (Wildman–Crippen MR) is 67.0 cm³/mol. The lowest BCUT2D eigenvalue weighted by molar-refractivity contribution is -0.0645. The fourth-order valence-electron chi connectivity index (χ4n) is 1.94. The number of benzene rings is 1. The topological polar surface area (TPSA) is 79.5 Å². The first-order chi connectivity index (χ1) is 9.17. The molecule has 1 saturated carbocycles. The summed E-state index contributed by atoms with van der Waals surface area (Å²) in [6, 6.07) is 8.62. The Hall–Kier alpha value is -2.06. The van der Waals surface area contributed by atoms with Crippen LogP contribution in [0, 0.1) is 11.3 Å². The van der Waals surface area contributed by atoms with Gasteiger partial charge in [-0.2, -0.15) is 5.26 Å². The van der Waals surface area contributed by atoms with Crippen molar-refractivity contribution in [2.24, 2.45) is 0 Å². The fraction of sp³-hybridized carbons (Fsp3) is 0.429. The Morgan fingerprint density at radius 3 is 2.68 bits per heavy atom. The van der Waals surface area contributed by atoms with E-state index in [1.165, 1.54) is 6.07 Å². The quantitative estimate of drug-likeness (QED) is 0.794. The highest BCUT2D eigenvalue weighted by molar-refractivity contribution is 5.90. The van der Waals surface area contributed by atoms with Gasteiger partial charge in [-0.1, -0.05) is 12.1 Å². The highest BCUT2D eigenvalue weighted by Crippen LogP contribution is 2.34. The second-order valence-corrected chi connectivity index (χ2v) is 4.46. The van der Waals surface area contributed by atoms with Crippen molar-refractivity contribution in [3.63, 3.8) is 0 Å². The first-order valence-corrected chi connectivity index (χ1v) is 6.17. The molecule has 0 unspecified atom stereocenters. The number of aromatic carboxylic acids is 1. The lowest BCUT2D eigenvalue weighted by Gasteiger charge is -2.34. The molecule has 100 valence electrons. The van der Waals surface area contributed by atoms with Gasteiger partial charge in [0, 0.05) is 0 Å². The zero-order chi connectivity index (χ0) is 13.7. The zero-order valence-corrected chi connectivity index (χ0v) is 10.5. The van der Waals surface area contributed by atoms with Crippen molar-refractivity contribution in [2.75, 3.05) is 13.2 Å². The van der Waals surface area contributed by atoms with Crippen LogP contribution in [0.3, 0.4) is 0 Å². The summed E-state index contributed by atoms with van der Waals surface area (Å²) in [6.45, 7) is 0.509. The summed E-state index contributed by atoms with van der Waals surface area (Å²) in [4.78, 5) is 11.0. The number of carbonyl (C=O) groups is 1. The molecule has 5 nitrogen and oxygen atoms in total. The lowest BCUT2D eigenvalue weighted by atomic mass is 9.81. The van der Waals surface area contributed by atoms with Crippen molar-refractivity contribution >= 4 is 5.97 Å². The van der Waals surface area contributed by atoms with Crippen molar-refractivity contribution < 1.29 is 19.4 Å². The van der Waals surface area contributed by atoms with Crippen LogP contribution in [0.15, 0.2) is 24.3 Å². The van der Waals surface area contributed by atoms with Crippen LogP contribution in [-0.4, -0.2) is 29.9 Å². The smallest absolute Gasteiger partial charge is 0.339 e. The first-order valence-electron chi connectivity index (χ1n) is 6.17. The van der Waals surface area contributed by atoms with E-state index >= 15 is 0 Å². The van der Waals surface area contributed by atoms with Gasteiger partial charge in [0.25, 0.3) is 0 Å². The van der Waals surface area contributed by atoms with Gasteiger partial charge in [-0.25, -0.2) is 4.79 Å². The third-order valence-corrected chi connectivity index (χ3v) is 3.20. The summed E-state index contributed by atoms with van der Waals surface area (Å²) < 4.78 is 10.9. The summed E-state index contributed by atoms with van der Waals surface area (Å²) in [5.74, 6) is -0.706. The average molecular weight is 261 g/mol. The molecule has 0 bridgehead atoms. The molecule has 0 radical (unpaired) electrons. The van der Waals surface area contributed by atoms with Crippen molar-refractivity contribution in [3.8, 4) is 11.8 Å². The Morgan fingerprint density at radius 2 is 2.11 bits per heavy atom. The number of nitrogens with zero attached hydrogens (tertiary/aromatic N) is 1. The van der Waals surface area contributed by atoms with E-state index in [4.69, 9.17) is 19.8 Å². The maximum Gasteiger partial charge on any atom is 0.339 e. The molecule has 1 aromatic rings. The van der Waals surface area contributed by atoms with Crippen LogP contribution in [0.5, 0.6) is 5.75 Å². The maximum atomic E-state index is 11.0.